The van der Waals surface area contributed by atoms with Gasteiger partial charge in [-0.3, -0.25) is 9.59 Å². The van der Waals surface area contributed by atoms with Gasteiger partial charge in [0.15, 0.2) is 0 Å². The number of benzene rings is 2. The maximum atomic E-state index is 12.9. The number of nitrogens with one attached hydrogen (secondary N) is 2. The Labute approximate surface area is 151 Å². The normalized spacial score (nSPS) is 11.6. The van der Waals surface area contributed by atoms with Crippen molar-refractivity contribution in [3.05, 3.63) is 65.5 Å². The van der Waals surface area contributed by atoms with Gasteiger partial charge in [0.2, 0.25) is 11.8 Å². The molecule has 0 aliphatic carbocycles. The molecule has 25 heavy (non-hydrogen) atoms. The summed E-state index contributed by atoms with van der Waals surface area (Å²) < 4.78 is 12.9. The van der Waals surface area contributed by atoms with E-state index in [9.17, 15) is 14.0 Å². The monoisotopic (exact) mass is 360 g/mol. The highest BCUT2D eigenvalue weighted by Crippen LogP contribution is 2.14. The summed E-state index contributed by atoms with van der Waals surface area (Å²) in [7, 11) is 0. The zero-order chi connectivity index (χ0) is 18.2. The highest BCUT2D eigenvalue weighted by molar-refractivity contribution is 8.00. The van der Waals surface area contributed by atoms with Gasteiger partial charge in [0.25, 0.3) is 0 Å². The minimum absolute atomic E-state index is 0.144. The number of thioether (sulfide) groups is 1. The number of rotatable bonds is 7. The Morgan fingerprint density at radius 3 is 2.44 bits per heavy atom. The van der Waals surface area contributed by atoms with E-state index in [1.165, 1.54) is 23.9 Å². The van der Waals surface area contributed by atoms with Crippen molar-refractivity contribution >= 4 is 29.3 Å². The van der Waals surface area contributed by atoms with Crippen LogP contribution in [0.2, 0.25) is 0 Å². The summed E-state index contributed by atoms with van der Waals surface area (Å²) in [6, 6.07) is 13.3. The molecule has 0 bridgehead atoms. The molecule has 0 saturated heterocycles. The second-order valence-electron chi connectivity index (χ2n) is 5.75. The van der Waals surface area contributed by atoms with Crippen LogP contribution in [0.3, 0.4) is 0 Å². The number of aryl methyl sites for hydroxylation is 1. The Balaban J connectivity index is 1.71. The lowest BCUT2D eigenvalue weighted by molar-refractivity contribution is -0.119. The number of amides is 2. The summed E-state index contributed by atoms with van der Waals surface area (Å²) in [5.41, 5.74) is 2.65. The van der Waals surface area contributed by atoms with Crippen molar-refractivity contribution < 1.29 is 14.0 Å². The van der Waals surface area contributed by atoms with Crippen molar-refractivity contribution in [3.63, 3.8) is 0 Å². The van der Waals surface area contributed by atoms with Crippen molar-refractivity contribution in [3.8, 4) is 0 Å². The number of carbonyl (C=O) groups excluding carboxylic acids is 2. The quantitative estimate of drug-likeness (QED) is 0.792. The van der Waals surface area contributed by atoms with E-state index >= 15 is 0 Å². The van der Waals surface area contributed by atoms with Gasteiger partial charge in [-0.1, -0.05) is 24.3 Å². The van der Waals surface area contributed by atoms with Crippen molar-refractivity contribution in [1.82, 2.24) is 5.32 Å². The molecule has 0 aromatic heterocycles. The van der Waals surface area contributed by atoms with Crippen molar-refractivity contribution in [1.29, 1.82) is 0 Å². The van der Waals surface area contributed by atoms with E-state index < -0.39 is 0 Å². The number of hydrogen-bond acceptors (Lipinski definition) is 3. The highest BCUT2D eigenvalue weighted by Gasteiger charge is 2.11. The Hall–Kier alpha value is -2.34. The Morgan fingerprint density at radius 2 is 1.76 bits per heavy atom. The van der Waals surface area contributed by atoms with Crippen LogP contribution in [0.25, 0.3) is 0 Å². The zero-order valence-electron chi connectivity index (χ0n) is 14.2. The molecule has 0 fully saturated rings. The molecule has 0 aliphatic rings. The van der Waals surface area contributed by atoms with Crippen LogP contribution in [0, 0.1) is 12.7 Å². The SMILES string of the molecule is Cc1cccc(NC(=O)CSCC(=O)NC(C)c2ccc(F)cc2)c1. The van der Waals surface area contributed by atoms with Gasteiger partial charge in [0, 0.05) is 5.69 Å². The molecule has 2 aromatic rings. The first kappa shape index (κ1) is 19.0. The number of hydrogen-bond donors (Lipinski definition) is 2. The first-order valence-electron chi connectivity index (χ1n) is 7.93. The van der Waals surface area contributed by atoms with Gasteiger partial charge in [-0.15, -0.1) is 11.8 Å². The largest absolute Gasteiger partial charge is 0.349 e. The van der Waals surface area contributed by atoms with Crippen LogP contribution >= 0.6 is 11.8 Å². The molecular formula is C19H21FN2O2S. The van der Waals surface area contributed by atoms with E-state index in [0.29, 0.717) is 0 Å². The molecule has 1 atom stereocenters. The minimum Gasteiger partial charge on any atom is -0.349 e. The molecule has 2 rings (SSSR count). The number of carbonyl (C=O) groups is 2. The van der Waals surface area contributed by atoms with Crippen molar-refractivity contribution in [2.75, 3.05) is 16.8 Å². The molecule has 1 unspecified atom stereocenters. The van der Waals surface area contributed by atoms with Crippen LogP contribution in [-0.2, 0) is 9.59 Å². The van der Waals surface area contributed by atoms with E-state index in [4.69, 9.17) is 0 Å². The third-order valence-corrected chi connectivity index (χ3v) is 4.45. The molecule has 6 heteroatoms. The number of halogens is 1. The van der Waals surface area contributed by atoms with E-state index in [0.717, 1.165) is 16.8 Å². The van der Waals surface area contributed by atoms with Gasteiger partial charge < -0.3 is 10.6 Å². The van der Waals surface area contributed by atoms with Crippen molar-refractivity contribution in [2.24, 2.45) is 0 Å². The van der Waals surface area contributed by atoms with Gasteiger partial charge in [-0.05, 0) is 49.2 Å². The molecule has 2 N–H and O–H groups in total. The first-order chi connectivity index (χ1) is 11.9. The average molecular weight is 360 g/mol. The van der Waals surface area contributed by atoms with Gasteiger partial charge in [-0.25, -0.2) is 4.39 Å². The van der Waals surface area contributed by atoms with Gasteiger partial charge in [-0.2, -0.15) is 0 Å². The lowest BCUT2D eigenvalue weighted by Gasteiger charge is -2.14. The van der Waals surface area contributed by atoms with E-state index in [1.807, 2.05) is 38.1 Å². The van der Waals surface area contributed by atoms with Crippen LogP contribution in [0.1, 0.15) is 24.1 Å². The Kier molecular flexibility index (Phi) is 7.01. The zero-order valence-corrected chi connectivity index (χ0v) is 15.0. The topological polar surface area (TPSA) is 58.2 Å². The summed E-state index contributed by atoms with van der Waals surface area (Å²) >= 11 is 1.25. The molecule has 2 amide bonds. The predicted molar refractivity (Wildman–Crippen MR) is 100 cm³/mol. The molecule has 132 valence electrons. The van der Waals surface area contributed by atoms with E-state index in [-0.39, 0.29) is 35.2 Å². The van der Waals surface area contributed by atoms with E-state index in [1.54, 1.807) is 12.1 Å². The lowest BCUT2D eigenvalue weighted by atomic mass is 10.1. The third-order valence-electron chi connectivity index (χ3n) is 3.52. The van der Waals surface area contributed by atoms with Crippen LogP contribution < -0.4 is 10.6 Å². The highest BCUT2D eigenvalue weighted by atomic mass is 32.2. The first-order valence-corrected chi connectivity index (χ1v) is 9.08. The summed E-state index contributed by atoms with van der Waals surface area (Å²) in [4.78, 5) is 23.8. The third kappa shape index (κ3) is 6.58. The molecule has 0 aliphatic heterocycles. The summed E-state index contributed by atoms with van der Waals surface area (Å²) in [6.45, 7) is 3.79. The Bertz CT molecular complexity index is 734. The average Bonchev–Trinajstić information content (AvgIpc) is 2.55. The molecule has 0 spiro atoms. The van der Waals surface area contributed by atoms with Crippen molar-refractivity contribution in [2.45, 2.75) is 19.9 Å². The van der Waals surface area contributed by atoms with Gasteiger partial charge >= 0.3 is 0 Å². The fourth-order valence-corrected chi connectivity index (χ4v) is 2.90. The van der Waals surface area contributed by atoms with Gasteiger partial charge in [0.05, 0.1) is 17.5 Å². The predicted octanol–water partition coefficient (Wildman–Crippen LogP) is 3.68. The Morgan fingerprint density at radius 1 is 1.08 bits per heavy atom. The minimum atomic E-state index is -0.308. The smallest absolute Gasteiger partial charge is 0.234 e. The molecule has 0 heterocycles. The van der Waals surface area contributed by atoms with Crippen LogP contribution in [0.4, 0.5) is 10.1 Å². The van der Waals surface area contributed by atoms with Crippen LogP contribution in [0.5, 0.6) is 0 Å². The van der Waals surface area contributed by atoms with Gasteiger partial charge in [0.1, 0.15) is 5.82 Å². The summed E-state index contributed by atoms with van der Waals surface area (Å²) in [5, 5.41) is 5.63. The standard InChI is InChI=1S/C19H21FN2O2S/c1-13-4-3-5-17(10-13)22-19(24)12-25-11-18(23)21-14(2)15-6-8-16(20)9-7-15/h3-10,14H,11-12H2,1-2H3,(H,21,23)(H,22,24). The maximum absolute atomic E-state index is 12.9. The van der Waals surface area contributed by atoms with Crippen LogP contribution in [-0.4, -0.2) is 23.3 Å². The maximum Gasteiger partial charge on any atom is 0.234 e. The molecule has 4 nitrogen and oxygen atoms in total. The summed E-state index contributed by atoms with van der Waals surface area (Å²) in [6.07, 6.45) is 0. The molecule has 0 radical (unpaired) electrons. The molecule has 0 saturated carbocycles. The fraction of sp³-hybridized carbons (Fsp3) is 0.263. The fourth-order valence-electron chi connectivity index (χ4n) is 2.27. The second-order valence-corrected chi connectivity index (χ2v) is 6.74. The molecule has 2 aromatic carbocycles. The number of anilines is 1. The van der Waals surface area contributed by atoms with E-state index in [2.05, 4.69) is 10.6 Å². The van der Waals surface area contributed by atoms with Crippen LogP contribution in [0.15, 0.2) is 48.5 Å². The summed E-state index contributed by atoms with van der Waals surface area (Å²) in [5.74, 6) is -0.225. The molecular weight excluding hydrogens is 339 g/mol. The second kappa shape index (κ2) is 9.22. The lowest BCUT2D eigenvalue weighted by Crippen LogP contribution is -2.28.